The lowest BCUT2D eigenvalue weighted by Gasteiger charge is -2.34. The van der Waals surface area contributed by atoms with Gasteiger partial charge in [-0.05, 0) is 0 Å². The van der Waals surface area contributed by atoms with Crippen molar-refractivity contribution in [3.05, 3.63) is 11.9 Å². The van der Waals surface area contributed by atoms with E-state index >= 15 is 0 Å². The molecule has 1 saturated heterocycles. The molecule has 10 heteroatoms. The van der Waals surface area contributed by atoms with Gasteiger partial charge in [0, 0.05) is 30.3 Å². The van der Waals surface area contributed by atoms with Crippen molar-refractivity contribution in [1.82, 2.24) is 19.9 Å². The first-order valence-electron chi connectivity index (χ1n) is 6.65. The van der Waals surface area contributed by atoms with Gasteiger partial charge < -0.3 is 10.6 Å². The zero-order chi connectivity index (χ0) is 15.5. The first kappa shape index (κ1) is 16.2. The van der Waals surface area contributed by atoms with Crippen molar-refractivity contribution in [2.45, 2.75) is 25.4 Å². The Balaban J connectivity index is 2.11. The van der Waals surface area contributed by atoms with E-state index in [9.17, 15) is 13.2 Å². The molecule has 0 saturated carbocycles. The lowest BCUT2D eigenvalue weighted by Crippen LogP contribution is -2.51. The van der Waals surface area contributed by atoms with Gasteiger partial charge in [0.05, 0.1) is 11.9 Å². The molecule has 1 aromatic rings. The van der Waals surface area contributed by atoms with Gasteiger partial charge in [-0.25, -0.2) is 13.1 Å². The van der Waals surface area contributed by atoms with Gasteiger partial charge in [-0.1, -0.05) is 12.1 Å². The van der Waals surface area contributed by atoms with Crippen LogP contribution in [-0.2, 0) is 27.7 Å². The number of rotatable bonds is 5. The molecule has 1 aromatic heterocycles. The molecule has 21 heavy (non-hydrogen) atoms. The van der Waals surface area contributed by atoms with Crippen molar-refractivity contribution in [2.24, 2.45) is 5.73 Å². The Morgan fingerprint density at radius 3 is 2.95 bits per heavy atom. The number of carbonyl (C=O) groups is 1. The topological polar surface area (TPSA) is 111 Å². The molecule has 118 valence electrons. The molecule has 2 rings (SSSR count). The predicted molar refractivity (Wildman–Crippen MR) is 80.2 cm³/mol. The zero-order valence-corrected chi connectivity index (χ0v) is 13.4. The minimum absolute atomic E-state index is 0.0204. The van der Waals surface area contributed by atoms with Crippen molar-refractivity contribution in [3.63, 3.8) is 0 Å². The van der Waals surface area contributed by atoms with Crippen molar-refractivity contribution >= 4 is 27.5 Å². The molecule has 1 aliphatic heterocycles. The van der Waals surface area contributed by atoms with Crippen LogP contribution in [0.2, 0.25) is 0 Å². The second kappa shape index (κ2) is 6.75. The van der Waals surface area contributed by atoms with Crippen LogP contribution in [0.15, 0.2) is 6.20 Å². The molecule has 1 aliphatic rings. The van der Waals surface area contributed by atoms with Gasteiger partial charge in [0.2, 0.25) is 5.91 Å². The predicted octanol–water partition coefficient (Wildman–Crippen LogP) is -0.927. The quantitative estimate of drug-likeness (QED) is 0.741. The Kier molecular flexibility index (Phi) is 5.22. The third-order valence-electron chi connectivity index (χ3n) is 3.31. The molecule has 8 nitrogen and oxygen atoms in total. The molecule has 0 radical (unpaired) electrons. The molecular weight excluding hydrogens is 314 g/mol. The van der Waals surface area contributed by atoms with Crippen LogP contribution in [0.1, 0.15) is 12.6 Å². The van der Waals surface area contributed by atoms with E-state index in [-0.39, 0.29) is 24.7 Å². The molecule has 2 heterocycles. The van der Waals surface area contributed by atoms with E-state index in [1.165, 1.54) is 9.58 Å². The summed E-state index contributed by atoms with van der Waals surface area (Å²) in [6, 6.07) is 0. The molecule has 1 atom stereocenters. The van der Waals surface area contributed by atoms with Crippen molar-refractivity contribution in [3.8, 4) is 0 Å². The summed E-state index contributed by atoms with van der Waals surface area (Å²) in [5.41, 5.74) is 6.03. The van der Waals surface area contributed by atoms with Crippen LogP contribution in [0.3, 0.4) is 0 Å². The lowest BCUT2D eigenvalue weighted by atomic mass is 10.4. The summed E-state index contributed by atoms with van der Waals surface area (Å²) in [5, 5.41) is 6.88. The van der Waals surface area contributed by atoms with Crippen LogP contribution < -0.4 is 5.73 Å². The molecule has 2 N–H and O–H groups in total. The number of thioether (sulfide) groups is 1. The molecule has 1 unspecified atom stereocenters. The number of aromatic nitrogens is 3. The standard InChI is InChI=1S/C11H19N5O3S2/c1-2-21(18,19)11-8-20-4-3-16(11)10(17)7-15-6-9(5-12)13-14-15/h6,11H,2-5,7-8,12H2,1H3. The van der Waals surface area contributed by atoms with Crippen LogP contribution >= 0.6 is 11.8 Å². The summed E-state index contributed by atoms with van der Waals surface area (Å²) < 4.78 is 25.6. The molecule has 0 aromatic carbocycles. The van der Waals surface area contributed by atoms with E-state index in [4.69, 9.17) is 5.73 Å². The second-order valence-corrected chi connectivity index (χ2v) is 8.28. The Bertz CT molecular complexity index is 601. The highest BCUT2D eigenvalue weighted by Gasteiger charge is 2.35. The summed E-state index contributed by atoms with van der Waals surface area (Å²) in [7, 11) is -3.29. The number of hydrogen-bond donors (Lipinski definition) is 1. The number of sulfone groups is 1. The van der Waals surface area contributed by atoms with Crippen LogP contribution in [0.4, 0.5) is 0 Å². The van der Waals surface area contributed by atoms with Gasteiger partial charge in [0.15, 0.2) is 9.84 Å². The summed E-state index contributed by atoms with van der Waals surface area (Å²) in [5.74, 6) is 0.939. The highest BCUT2D eigenvalue weighted by Crippen LogP contribution is 2.21. The molecule has 0 spiro atoms. The molecule has 0 aliphatic carbocycles. The number of nitrogens with zero attached hydrogens (tertiary/aromatic N) is 4. The zero-order valence-electron chi connectivity index (χ0n) is 11.8. The van der Waals surface area contributed by atoms with Crippen LogP contribution in [0, 0.1) is 0 Å². The summed E-state index contributed by atoms with van der Waals surface area (Å²) in [4.78, 5) is 13.8. The fourth-order valence-corrected chi connectivity index (χ4v) is 5.08. The summed E-state index contributed by atoms with van der Waals surface area (Å²) in [6.07, 6.45) is 1.60. The molecule has 1 amide bonds. The second-order valence-electron chi connectivity index (χ2n) is 4.68. The van der Waals surface area contributed by atoms with Gasteiger partial charge in [-0.2, -0.15) is 11.8 Å². The van der Waals surface area contributed by atoms with E-state index < -0.39 is 15.2 Å². The van der Waals surface area contributed by atoms with E-state index in [1.54, 1.807) is 24.9 Å². The van der Waals surface area contributed by atoms with E-state index in [0.717, 1.165) is 5.75 Å². The average molecular weight is 333 g/mol. The van der Waals surface area contributed by atoms with Crippen molar-refractivity contribution < 1.29 is 13.2 Å². The first-order valence-corrected chi connectivity index (χ1v) is 9.52. The maximum atomic E-state index is 12.4. The highest BCUT2D eigenvalue weighted by atomic mass is 32.2. The number of carbonyl (C=O) groups excluding carboxylic acids is 1. The SMILES string of the molecule is CCS(=O)(=O)C1CSCCN1C(=O)Cn1cc(CN)nn1. The number of amides is 1. The van der Waals surface area contributed by atoms with Gasteiger partial charge in [0.25, 0.3) is 0 Å². The number of hydrogen-bond acceptors (Lipinski definition) is 7. The van der Waals surface area contributed by atoms with E-state index in [0.29, 0.717) is 18.0 Å². The van der Waals surface area contributed by atoms with Gasteiger partial charge in [0.1, 0.15) is 11.9 Å². The molecular formula is C11H19N5O3S2. The third kappa shape index (κ3) is 3.74. The lowest BCUT2D eigenvalue weighted by molar-refractivity contribution is -0.132. The van der Waals surface area contributed by atoms with Gasteiger partial charge >= 0.3 is 0 Å². The van der Waals surface area contributed by atoms with Crippen LogP contribution in [0.5, 0.6) is 0 Å². The number of nitrogens with two attached hydrogens (primary N) is 1. The maximum Gasteiger partial charge on any atom is 0.245 e. The summed E-state index contributed by atoms with van der Waals surface area (Å²) >= 11 is 1.56. The Labute approximate surface area is 128 Å². The Morgan fingerprint density at radius 1 is 1.57 bits per heavy atom. The summed E-state index contributed by atoms with van der Waals surface area (Å²) in [6.45, 7) is 2.27. The Morgan fingerprint density at radius 2 is 2.33 bits per heavy atom. The smallest absolute Gasteiger partial charge is 0.245 e. The fraction of sp³-hybridized carbons (Fsp3) is 0.727. The fourth-order valence-electron chi connectivity index (χ4n) is 2.09. The van der Waals surface area contributed by atoms with Crippen LogP contribution in [-0.4, -0.2) is 63.4 Å². The van der Waals surface area contributed by atoms with Crippen molar-refractivity contribution in [1.29, 1.82) is 0 Å². The monoisotopic (exact) mass is 333 g/mol. The third-order valence-corrected chi connectivity index (χ3v) is 6.60. The van der Waals surface area contributed by atoms with E-state index in [1.807, 2.05) is 0 Å². The minimum Gasteiger partial charge on any atom is -0.325 e. The maximum absolute atomic E-state index is 12.4. The van der Waals surface area contributed by atoms with E-state index in [2.05, 4.69) is 10.3 Å². The van der Waals surface area contributed by atoms with Crippen molar-refractivity contribution in [2.75, 3.05) is 23.8 Å². The highest BCUT2D eigenvalue weighted by molar-refractivity contribution is 8.01. The Hall–Kier alpha value is -1.13. The molecule has 1 fully saturated rings. The molecule has 0 bridgehead atoms. The van der Waals surface area contributed by atoms with Crippen LogP contribution in [0.25, 0.3) is 0 Å². The first-order chi connectivity index (χ1) is 9.97. The minimum atomic E-state index is -3.29. The normalized spacial score (nSPS) is 19.7. The van der Waals surface area contributed by atoms with Gasteiger partial charge in [-0.15, -0.1) is 5.10 Å². The largest absolute Gasteiger partial charge is 0.325 e. The average Bonchev–Trinajstić information content (AvgIpc) is 2.94. The van der Waals surface area contributed by atoms with Gasteiger partial charge in [-0.3, -0.25) is 4.79 Å².